The topological polar surface area (TPSA) is 107 Å². The van der Waals surface area contributed by atoms with Gasteiger partial charge in [-0.05, 0) is 19.9 Å². The molecule has 0 fully saturated rings. The number of nitrogens with zero attached hydrogens (tertiary/aromatic N) is 3. The summed E-state index contributed by atoms with van der Waals surface area (Å²) in [7, 11) is 0. The third-order valence-corrected chi connectivity index (χ3v) is 3.65. The maximum atomic E-state index is 13.9. The van der Waals surface area contributed by atoms with Gasteiger partial charge in [-0.25, -0.2) is 14.8 Å². The number of halogens is 3. The summed E-state index contributed by atoms with van der Waals surface area (Å²) in [5.41, 5.74) is 8.79. The quantitative estimate of drug-likeness (QED) is 0.415. The molecule has 1 aromatic carbocycles. The summed E-state index contributed by atoms with van der Waals surface area (Å²) in [4.78, 5) is 11.2. The molecule has 27 heavy (non-hydrogen) atoms. The van der Waals surface area contributed by atoms with Crippen molar-refractivity contribution in [2.45, 2.75) is 33.2 Å². The zero-order valence-corrected chi connectivity index (χ0v) is 15.0. The number of amides is 1. The number of allylic oxidation sites excluding steroid dienone is 1. The summed E-state index contributed by atoms with van der Waals surface area (Å²) >= 11 is 0. The molecular weight excluding hydrogens is 361 g/mol. The molecule has 1 aliphatic rings. The highest BCUT2D eigenvalue weighted by Crippen LogP contribution is 2.22. The second kappa shape index (κ2) is 7.60. The maximum Gasteiger partial charge on any atom is 0.323 e. The van der Waals surface area contributed by atoms with Gasteiger partial charge >= 0.3 is 11.8 Å². The summed E-state index contributed by atoms with van der Waals surface area (Å²) in [5, 5.41) is 17.1. The molecule has 0 saturated heterocycles. The molecule has 0 unspecified atom stereocenters. The molecule has 1 heterocycles. The molecule has 0 aromatic heterocycles. The monoisotopic (exact) mass is 380 g/mol. The van der Waals surface area contributed by atoms with E-state index < -0.39 is 17.6 Å². The SMILES string of the molecule is CC(C)=C1C(=N)N(Cc2ccccc2F)N=C1/C(N)=N/NC(=O)C(C)(F)F. The van der Waals surface area contributed by atoms with Gasteiger partial charge in [-0.3, -0.25) is 10.2 Å². The van der Waals surface area contributed by atoms with E-state index in [0.29, 0.717) is 23.6 Å². The summed E-state index contributed by atoms with van der Waals surface area (Å²) < 4.78 is 39.7. The average Bonchev–Trinajstić information content (AvgIpc) is 2.90. The number of benzene rings is 1. The minimum atomic E-state index is -3.62. The molecule has 1 aliphatic heterocycles. The number of carbonyl (C=O) groups excluding carboxylic acids is 1. The smallest absolute Gasteiger partial charge is 0.323 e. The van der Waals surface area contributed by atoms with Crippen LogP contribution < -0.4 is 11.2 Å². The first-order valence-corrected chi connectivity index (χ1v) is 7.90. The van der Waals surface area contributed by atoms with E-state index in [0.717, 1.165) is 0 Å². The Hall–Kier alpha value is -3.17. The highest BCUT2D eigenvalue weighted by molar-refractivity contribution is 6.54. The average molecular weight is 380 g/mol. The van der Waals surface area contributed by atoms with Crippen LogP contribution in [-0.4, -0.2) is 34.2 Å². The summed E-state index contributed by atoms with van der Waals surface area (Å²) in [6.07, 6.45) is 0. The fraction of sp³-hybridized carbons (Fsp3) is 0.294. The van der Waals surface area contributed by atoms with Crippen LogP contribution in [-0.2, 0) is 11.3 Å². The van der Waals surface area contributed by atoms with Gasteiger partial charge in [-0.1, -0.05) is 23.8 Å². The molecule has 10 heteroatoms. The van der Waals surface area contributed by atoms with Gasteiger partial charge < -0.3 is 5.73 Å². The van der Waals surface area contributed by atoms with E-state index in [2.05, 4.69) is 10.2 Å². The van der Waals surface area contributed by atoms with Gasteiger partial charge in [-0.2, -0.15) is 19.0 Å². The number of nitrogens with one attached hydrogen (secondary N) is 2. The number of rotatable bonds is 5. The predicted molar refractivity (Wildman–Crippen MR) is 95.9 cm³/mol. The number of nitrogens with two attached hydrogens (primary N) is 1. The Balaban J connectivity index is 2.32. The van der Waals surface area contributed by atoms with E-state index in [4.69, 9.17) is 11.1 Å². The number of hydrogen-bond acceptors (Lipinski definition) is 4. The third-order valence-electron chi connectivity index (χ3n) is 3.65. The van der Waals surface area contributed by atoms with Crippen molar-refractivity contribution < 1.29 is 18.0 Å². The van der Waals surface area contributed by atoms with Crippen molar-refractivity contribution in [1.29, 1.82) is 5.41 Å². The summed E-state index contributed by atoms with van der Waals surface area (Å²) in [6, 6.07) is 6.04. The lowest BCUT2D eigenvalue weighted by molar-refractivity contribution is -0.142. The van der Waals surface area contributed by atoms with E-state index in [1.165, 1.54) is 11.1 Å². The minimum Gasteiger partial charge on any atom is -0.380 e. The Morgan fingerprint density at radius 2 is 2.00 bits per heavy atom. The predicted octanol–water partition coefficient (Wildman–Crippen LogP) is 2.35. The first-order valence-electron chi connectivity index (χ1n) is 7.90. The molecule has 0 spiro atoms. The Kier molecular flexibility index (Phi) is 5.67. The van der Waals surface area contributed by atoms with Gasteiger partial charge in [0.2, 0.25) is 0 Å². The summed E-state index contributed by atoms with van der Waals surface area (Å²) in [5.74, 6) is -6.08. The largest absolute Gasteiger partial charge is 0.380 e. The van der Waals surface area contributed by atoms with Crippen LogP contribution >= 0.6 is 0 Å². The Morgan fingerprint density at radius 1 is 1.37 bits per heavy atom. The second-order valence-corrected chi connectivity index (χ2v) is 6.15. The Labute approximate surface area is 153 Å². The normalized spacial score (nSPS) is 15.1. The van der Waals surface area contributed by atoms with Crippen molar-refractivity contribution in [3.63, 3.8) is 0 Å². The Bertz CT molecular complexity index is 866. The van der Waals surface area contributed by atoms with Crippen molar-refractivity contribution in [3.8, 4) is 0 Å². The maximum absolute atomic E-state index is 13.9. The number of alkyl halides is 2. The number of hydrazone groups is 2. The highest BCUT2D eigenvalue weighted by atomic mass is 19.3. The van der Waals surface area contributed by atoms with E-state index in [1.807, 2.05) is 0 Å². The molecule has 7 nitrogen and oxygen atoms in total. The first-order chi connectivity index (χ1) is 12.5. The fourth-order valence-corrected chi connectivity index (χ4v) is 2.28. The van der Waals surface area contributed by atoms with Gasteiger partial charge in [0.15, 0.2) is 11.7 Å². The van der Waals surface area contributed by atoms with Crippen LogP contribution in [0.15, 0.2) is 45.6 Å². The minimum absolute atomic E-state index is 0.0293. The van der Waals surface area contributed by atoms with E-state index >= 15 is 0 Å². The zero-order chi connectivity index (χ0) is 20.4. The number of amidine groups is 2. The lowest BCUT2D eigenvalue weighted by Crippen LogP contribution is -2.37. The van der Waals surface area contributed by atoms with Crippen molar-refractivity contribution >= 4 is 23.3 Å². The second-order valence-electron chi connectivity index (χ2n) is 6.15. The van der Waals surface area contributed by atoms with Crippen LogP contribution in [0.1, 0.15) is 26.3 Å². The van der Waals surface area contributed by atoms with Crippen molar-refractivity contribution in [2.24, 2.45) is 15.9 Å². The van der Waals surface area contributed by atoms with Crippen molar-refractivity contribution in [2.75, 3.05) is 0 Å². The van der Waals surface area contributed by atoms with Gasteiger partial charge in [0.1, 0.15) is 11.5 Å². The van der Waals surface area contributed by atoms with Gasteiger partial charge in [0.25, 0.3) is 0 Å². The van der Waals surface area contributed by atoms with Gasteiger partial charge in [-0.15, -0.1) is 0 Å². The lowest BCUT2D eigenvalue weighted by Gasteiger charge is -2.14. The van der Waals surface area contributed by atoms with E-state index in [-0.39, 0.29) is 23.9 Å². The van der Waals surface area contributed by atoms with Crippen LogP contribution in [0.25, 0.3) is 0 Å². The lowest BCUT2D eigenvalue weighted by atomic mass is 10.0. The van der Waals surface area contributed by atoms with Gasteiger partial charge in [0.05, 0.1) is 6.54 Å². The Morgan fingerprint density at radius 3 is 2.56 bits per heavy atom. The van der Waals surface area contributed by atoms with E-state index in [9.17, 15) is 18.0 Å². The van der Waals surface area contributed by atoms with Crippen molar-refractivity contribution in [1.82, 2.24) is 10.4 Å². The standard InChI is InChI=1S/C17H19F3N6O/c1-9(2)12-13(14(21)23-24-16(27)17(3,19)20)25-26(15(12)22)8-10-6-4-5-7-11(10)18/h4-7,22H,8H2,1-3H3,(H2,21,23)(H,24,27). The van der Waals surface area contributed by atoms with Crippen LogP contribution in [0.3, 0.4) is 0 Å². The molecule has 4 N–H and O–H groups in total. The van der Waals surface area contributed by atoms with Crippen LogP contribution in [0.2, 0.25) is 0 Å². The van der Waals surface area contributed by atoms with E-state index in [1.54, 1.807) is 37.5 Å². The first kappa shape index (κ1) is 20.1. The van der Waals surface area contributed by atoms with Crippen LogP contribution in [0.4, 0.5) is 13.2 Å². The van der Waals surface area contributed by atoms with Crippen molar-refractivity contribution in [3.05, 3.63) is 46.8 Å². The number of carbonyl (C=O) groups is 1. The number of hydrogen-bond donors (Lipinski definition) is 3. The summed E-state index contributed by atoms with van der Waals surface area (Å²) in [6.45, 7) is 3.81. The molecule has 0 aliphatic carbocycles. The molecule has 1 amide bonds. The molecule has 1 aromatic rings. The van der Waals surface area contributed by atoms with Crippen LogP contribution in [0, 0.1) is 11.2 Å². The third kappa shape index (κ3) is 4.52. The molecular formula is C17H19F3N6O. The molecule has 0 saturated carbocycles. The fourth-order valence-electron chi connectivity index (χ4n) is 2.28. The zero-order valence-electron chi connectivity index (χ0n) is 15.0. The van der Waals surface area contributed by atoms with Crippen LogP contribution in [0.5, 0.6) is 0 Å². The molecule has 2 rings (SSSR count). The highest BCUT2D eigenvalue weighted by Gasteiger charge is 2.33. The van der Waals surface area contributed by atoms with Gasteiger partial charge in [0, 0.05) is 18.1 Å². The molecule has 0 radical (unpaired) electrons. The molecule has 144 valence electrons. The molecule has 0 bridgehead atoms. The molecule has 0 atom stereocenters.